The summed E-state index contributed by atoms with van der Waals surface area (Å²) in [5.74, 6) is -0.245. The van der Waals surface area contributed by atoms with Crippen molar-refractivity contribution < 1.29 is 19.7 Å². The summed E-state index contributed by atoms with van der Waals surface area (Å²) in [7, 11) is 0. The number of anilines is 1. The molecule has 1 fully saturated rings. The highest BCUT2D eigenvalue weighted by Crippen LogP contribution is 2.32. The van der Waals surface area contributed by atoms with E-state index in [1.165, 1.54) is 17.8 Å². The maximum atomic E-state index is 11.3. The third kappa shape index (κ3) is 2.70. The zero-order valence-corrected chi connectivity index (χ0v) is 12.8. The van der Waals surface area contributed by atoms with Crippen molar-refractivity contribution in [3.8, 4) is 0 Å². The lowest BCUT2D eigenvalue weighted by Gasteiger charge is -2.19. The normalized spacial score (nSPS) is 27.5. The van der Waals surface area contributed by atoms with Crippen LogP contribution in [0.25, 0.3) is 11.2 Å². The second-order valence-electron chi connectivity index (χ2n) is 5.17. The molecule has 0 aliphatic carbocycles. The van der Waals surface area contributed by atoms with Crippen molar-refractivity contribution in [1.82, 2.24) is 24.8 Å². The lowest BCUT2D eigenvalue weighted by atomic mass is 10.1. The number of carbonyl (C=O) groups is 1. The highest BCUT2D eigenvalue weighted by molar-refractivity contribution is 6.28. The number of rotatable bonds is 3. The molecule has 10 nitrogen and oxygen atoms in total. The molecule has 0 radical (unpaired) electrons. The van der Waals surface area contributed by atoms with Crippen LogP contribution >= 0.6 is 11.6 Å². The summed E-state index contributed by atoms with van der Waals surface area (Å²) < 4.78 is 7.07. The van der Waals surface area contributed by atoms with Gasteiger partial charge in [0, 0.05) is 6.92 Å². The highest BCUT2D eigenvalue weighted by atomic mass is 35.5. The number of fused-ring (bicyclic) bond motifs is 1. The molecule has 2 aromatic rings. The maximum absolute atomic E-state index is 11.3. The van der Waals surface area contributed by atoms with Crippen LogP contribution in [0.3, 0.4) is 0 Å². The second kappa shape index (κ2) is 5.89. The van der Waals surface area contributed by atoms with Crippen molar-refractivity contribution in [2.75, 3.05) is 12.3 Å². The largest absolute Gasteiger partial charge is 0.394 e. The van der Waals surface area contributed by atoms with Crippen LogP contribution < -0.4 is 11.1 Å². The van der Waals surface area contributed by atoms with Crippen LogP contribution in [-0.2, 0) is 9.53 Å². The van der Waals surface area contributed by atoms with Gasteiger partial charge in [-0.3, -0.25) is 9.36 Å². The van der Waals surface area contributed by atoms with Gasteiger partial charge >= 0.3 is 0 Å². The minimum Gasteiger partial charge on any atom is -0.394 e. The molecule has 11 heteroatoms. The first-order valence-electron chi connectivity index (χ1n) is 6.79. The van der Waals surface area contributed by atoms with Crippen molar-refractivity contribution in [1.29, 1.82) is 0 Å². The lowest BCUT2D eigenvalue weighted by molar-refractivity contribution is -0.120. The van der Waals surface area contributed by atoms with E-state index < -0.39 is 24.5 Å². The monoisotopic (exact) mass is 342 g/mol. The van der Waals surface area contributed by atoms with Crippen molar-refractivity contribution in [2.45, 2.75) is 31.4 Å². The predicted octanol–water partition coefficient (Wildman–Crippen LogP) is -1.18. The van der Waals surface area contributed by atoms with E-state index in [0.29, 0.717) is 5.52 Å². The molecule has 0 saturated carbocycles. The van der Waals surface area contributed by atoms with E-state index >= 15 is 0 Å². The van der Waals surface area contributed by atoms with Crippen LogP contribution in [0.4, 0.5) is 5.82 Å². The smallest absolute Gasteiger partial charge is 0.226 e. The Balaban J connectivity index is 2.00. The first-order chi connectivity index (χ1) is 10.9. The Kier molecular flexibility index (Phi) is 4.06. The number of imidazole rings is 1. The number of nitrogen functional groups attached to an aromatic ring is 1. The van der Waals surface area contributed by atoms with Gasteiger partial charge in [0.25, 0.3) is 0 Å². The zero-order chi connectivity index (χ0) is 16.7. The number of amides is 1. The van der Waals surface area contributed by atoms with Gasteiger partial charge in [-0.25, -0.2) is 4.98 Å². The molecule has 0 bridgehead atoms. The number of nitrogens with zero attached hydrogens (tertiary/aromatic N) is 4. The summed E-state index contributed by atoms with van der Waals surface area (Å²) in [4.78, 5) is 23.2. The second-order valence-corrected chi connectivity index (χ2v) is 5.50. The summed E-state index contributed by atoms with van der Waals surface area (Å²) in [6, 6.07) is -0.769. The fourth-order valence-corrected chi connectivity index (χ4v) is 2.81. The molecular weight excluding hydrogens is 328 g/mol. The van der Waals surface area contributed by atoms with Gasteiger partial charge in [-0.2, -0.15) is 9.97 Å². The molecule has 0 spiro atoms. The van der Waals surface area contributed by atoms with Gasteiger partial charge in [-0.15, -0.1) is 0 Å². The molecule has 4 unspecified atom stereocenters. The van der Waals surface area contributed by atoms with E-state index in [9.17, 15) is 15.0 Å². The molecule has 1 amide bonds. The topological polar surface area (TPSA) is 148 Å². The Morgan fingerprint density at radius 3 is 2.96 bits per heavy atom. The molecule has 0 aromatic carbocycles. The number of hydrogen-bond acceptors (Lipinski definition) is 8. The lowest BCUT2D eigenvalue weighted by Crippen LogP contribution is -2.47. The molecule has 5 N–H and O–H groups in total. The average Bonchev–Trinajstić information content (AvgIpc) is 3.01. The van der Waals surface area contributed by atoms with Crippen LogP contribution in [0.2, 0.25) is 5.28 Å². The van der Waals surface area contributed by atoms with Gasteiger partial charge in [-0.05, 0) is 11.6 Å². The SMILES string of the molecule is CC(=O)NC1C(CO)OC(n2cnc3c(N)nc(Cl)nc32)C1O. The van der Waals surface area contributed by atoms with Gasteiger partial charge in [-0.1, -0.05) is 0 Å². The van der Waals surface area contributed by atoms with Crippen LogP contribution in [0, 0.1) is 0 Å². The van der Waals surface area contributed by atoms with E-state index in [4.69, 9.17) is 22.1 Å². The Morgan fingerprint density at radius 1 is 1.57 bits per heavy atom. The molecular formula is C12H15ClN6O4. The molecule has 3 rings (SSSR count). The van der Waals surface area contributed by atoms with Crippen LogP contribution in [0.15, 0.2) is 6.33 Å². The quantitative estimate of drug-likeness (QED) is 0.509. The Morgan fingerprint density at radius 2 is 2.30 bits per heavy atom. The van der Waals surface area contributed by atoms with Crippen LogP contribution in [0.1, 0.15) is 13.2 Å². The molecule has 3 heterocycles. The number of aliphatic hydroxyl groups is 2. The van der Waals surface area contributed by atoms with E-state index in [-0.39, 0.29) is 29.3 Å². The minimum atomic E-state index is -1.12. The van der Waals surface area contributed by atoms with Gasteiger partial charge < -0.3 is 26.0 Å². The first-order valence-corrected chi connectivity index (χ1v) is 7.17. The third-order valence-electron chi connectivity index (χ3n) is 3.62. The maximum Gasteiger partial charge on any atom is 0.226 e. The van der Waals surface area contributed by atoms with Crippen molar-refractivity contribution in [3.05, 3.63) is 11.6 Å². The van der Waals surface area contributed by atoms with E-state index in [1.54, 1.807) is 0 Å². The first kappa shape index (κ1) is 15.9. The number of aliphatic hydroxyl groups excluding tert-OH is 2. The third-order valence-corrected chi connectivity index (χ3v) is 3.79. The molecule has 1 aliphatic rings. The Bertz CT molecular complexity index is 752. The average molecular weight is 343 g/mol. The van der Waals surface area contributed by atoms with Gasteiger partial charge in [0.05, 0.1) is 19.0 Å². The standard InChI is InChI=1S/C12H15ClN6O4/c1-4(21)16-6-5(2-20)23-11(8(6)22)19-3-15-7-9(14)17-12(13)18-10(7)19/h3,5-6,8,11,20,22H,2H2,1H3,(H,16,21)(H2,14,17,18). The van der Waals surface area contributed by atoms with Gasteiger partial charge in [0.1, 0.15) is 17.7 Å². The summed E-state index contributed by atoms with van der Waals surface area (Å²) in [5, 5.41) is 22.4. The van der Waals surface area contributed by atoms with Crippen LogP contribution in [0.5, 0.6) is 0 Å². The summed E-state index contributed by atoms with van der Waals surface area (Å²) in [6.07, 6.45) is -1.43. The van der Waals surface area contributed by atoms with Crippen molar-refractivity contribution in [3.63, 3.8) is 0 Å². The summed E-state index contributed by atoms with van der Waals surface area (Å²) in [6.45, 7) is 0.942. The number of aromatic nitrogens is 4. The fourth-order valence-electron chi connectivity index (χ4n) is 2.64. The predicted molar refractivity (Wildman–Crippen MR) is 79.4 cm³/mol. The number of halogens is 1. The summed E-state index contributed by atoms with van der Waals surface area (Å²) in [5.41, 5.74) is 6.34. The van der Waals surface area contributed by atoms with E-state index in [2.05, 4.69) is 20.3 Å². The molecule has 2 aromatic heterocycles. The van der Waals surface area contributed by atoms with E-state index in [1.807, 2.05) is 0 Å². The fraction of sp³-hybridized carbons (Fsp3) is 0.500. The molecule has 124 valence electrons. The molecule has 1 saturated heterocycles. The van der Waals surface area contributed by atoms with E-state index in [0.717, 1.165) is 0 Å². The van der Waals surface area contributed by atoms with Crippen molar-refractivity contribution in [2.24, 2.45) is 0 Å². The van der Waals surface area contributed by atoms with Gasteiger partial charge in [0.2, 0.25) is 11.2 Å². The minimum absolute atomic E-state index is 0.0682. The number of carbonyl (C=O) groups excluding carboxylic acids is 1. The number of ether oxygens (including phenoxy) is 1. The molecule has 1 aliphatic heterocycles. The highest BCUT2D eigenvalue weighted by Gasteiger charge is 2.45. The summed E-state index contributed by atoms with van der Waals surface area (Å²) >= 11 is 5.81. The number of nitrogens with two attached hydrogens (primary N) is 1. The zero-order valence-electron chi connectivity index (χ0n) is 12.0. The van der Waals surface area contributed by atoms with Crippen molar-refractivity contribution >= 4 is 34.5 Å². The molecule has 4 atom stereocenters. The Labute approximate surface area is 135 Å². The van der Waals surface area contributed by atoms with Gasteiger partial charge in [0.15, 0.2) is 17.7 Å². The van der Waals surface area contributed by atoms with Crippen LogP contribution in [-0.4, -0.2) is 60.5 Å². The number of hydrogen-bond donors (Lipinski definition) is 4. The molecule has 23 heavy (non-hydrogen) atoms. The Hall–Kier alpha value is -2.01. The number of nitrogens with one attached hydrogen (secondary N) is 1.